The van der Waals surface area contributed by atoms with Crippen molar-refractivity contribution in [3.63, 3.8) is 0 Å². The van der Waals surface area contributed by atoms with Crippen LogP contribution < -0.4 is 46.5 Å². The van der Waals surface area contributed by atoms with Crippen LogP contribution in [0.1, 0.15) is 83.2 Å². The Kier molecular flexibility index (Phi) is 12.9. The van der Waals surface area contributed by atoms with E-state index in [9.17, 15) is 29.3 Å². The van der Waals surface area contributed by atoms with E-state index in [0.29, 0.717) is 22.6 Å². The Hall–Kier alpha value is -7.62. The van der Waals surface area contributed by atoms with E-state index >= 15 is 0 Å². The third-order valence-corrected chi connectivity index (χ3v) is 14.0. The maximum Gasteiger partial charge on any atom is 0.412 e. The van der Waals surface area contributed by atoms with E-state index in [1.807, 2.05) is 29.2 Å². The zero-order chi connectivity index (χ0) is 47.4. The monoisotopic (exact) mass is 921 g/mol. The molecule has 16 nitrogen and oxygen atoms in total. The summed E-state index contributed by atoms with van der Waals surface area (Å²) in [6.07, 6.45) is 8.95. The summed E-state index contributed by atoms with van der Waals surface area (Å²) in [7, 11) is 0. The minimum absolute atomic E-state index is 0.0114. The van der Waals surface area contributed by atoms with Gasteiger partial charge in [-0.2, -0.15) is 0 Å². The summed E-state index contributed by atoms with van der Waals surface area (Å²) in [5.41, 5.74) is 17.0. The number of rotatable bonds is 10. The lowest BCUT2D eigenvalue weighted by Gasteiger charge is -2.57. The fourth-order valence-corrected chi connectivity index (χ4v) is 10.7. The van der Waals surface area contributed by atoms with Crippen LogP contribution in [-0.4, -0.2) is 66.2 Å². The number of nitrogens with two attached hydrogens (primary N) is 2. The third-order valence-electron chi connectivity index (χ3n) is 14.0. The number of carbonyl (C=O) groups is 4. The van der Waals surface area contributed by atoms with Gasteiger partial charge in [0.25, 0.3) is 17.5 Å². The third kappa shape index (κ3) is 10.2. The van der Waals surface area contributed by atoms with E-state index in [0.717, 1.165) is 76.6 Å². The van der Waals surface area contributed by atoms with Gasteiger partial charge in [0.2, 0.25) is 0 Å². The smallest absolute Gasteiger partial charge is 0.412 e. The van der Waals surface area contributed by atoms with E-state index in [-0.39, 0.29) is 52.6 Å². The molecule has 2 spiro atoms. The molecule has 352 valence electrons. The molecule has 5 aromatic carbocycles. The average molecular weight is 922 g/mol. The molecule has 4 aliphatic carbocycles. The van der Waals surface area contributed by atoms with Crippen molar-refractivity contribution in [1.82, 2.24) is 10.6 Å². The summed E-state index contributed by atoms with van der Waals surface area (Å²) >= 11 is 0. The number of nitro benzene ring substituents is 1. The molecule has 7 N–H and O–H groups in total. The van der Waals surface area contributed by atoms with Gasteiger partial charge in [-0.05, 0) is 135 Å². The lowest BCUT2D eigenvalue weighted by Crippen LogP contribution is -2.60. The largest absolute Gasteiger partial charge is 0.490 e. The molecule has 0 radical (unpaired) electrons. The van der Waals surface area contributed by atoms with Crippen LogP contribution in [0.15, 0.2) is 121 Å². The summed E-state index contributed by atoms with van der Waals surface area (Å²) < 4.78 is 17.1. The minimum Gasteiger partial charge on any atom is -0.490 e. The quantitative estimate of drug-likeness (QED) is 0.0668. The number of para-hydroxylation sites is 4. The maximum absolute atomic E-state index is 12.7. The van der Waals surface area contributed by atoms with Crippen molar-refractivity contribution in [3.8, 4) is 17.2 Å². The van der Waals surface area contributed by atoms with Crippen molar-refractivity contribution in [2.45, 2.75) is 88.5 Å². The zero-order valence-corrected chi connectivity index (χ0v) is 37.6. The molecule has 0 bridgehead atoms. The van der Waals surface area contributed by atoms with Crippen LogP contribution in [0, 0.1) is 20.9 Å². The first-order chi connectivity index (χ1) is 32.8. The Morgan fingerprint density at radius 1 is 0.632 bits per heavy atom. The van der Waals surface area contributed by atoms with Crippen molar-refractivity contribution in [3.05, 3.63) is 154 Å². The van der Waals surface area contributed by atoms with Crippen molar-refractivity contribution in [1.29, 1.82) is 0 Å². The lowest BCUT2D eigenvalue weighted by molar-refractivity contribution is -0.384. The van der Waals surface area contributed by atoms with Crippen molar-refractivity contribution in [2.75, 3.05) is 23.3 Å². The molecule has 4 fully saturated rings. The number of hydrogen-bond donors (Lipinski definition) is 5. The van der Waals surface area contributed by atoms with Gasteiger partial charge in [-0.3, -0.25) is 24.6 Å². The topological polar surface area (TPSA) is 230 Å². The van der Waals surface area contributed by atoms with Gasteiger partial charge in [0.1, 0.15) is 17.2 Å². The number of anilines is 2. The van der Waals surface area contributed by atoms with E-state index in [2.05, 4.69) is 46.3 Å². The number of nitrogens with zero attached hydrogens (tertiary/aromatic N) is 2. The summed E-state index contributed by atoms with van der Waals surface area (Å²) in [5, 5.41) is 20.0. The number of fused-ring (bicyclic) bond motifs is 2. The van der Waals surface area contributed by atoms with Crippen molar-refractivity contribution < 1.29 is 38.3 Å². The zero-order valence-electron chi connectivity index (χ0n) is 37.6. The normalized spacial score (nSPS) is 24.1. The number of non-ortho nitro benzene ring substituents is 1. The average Bonchev–Trinajstić information content (AvgIpc) is 3.95. The number of carbonyl (C=O) groups excluding carboxylic acids is 4. The van der Waals surface area contributed by atoms with Crippen LogP contribution in [0.3, 0.4) is 0 Å². The Bertz CT molecular complexity index is 2660. The highest BCUT2D eigenvalue weighted by atomic mass is 16.6. The molecule has 16 heteroatoms. The number of amides is 5. The van der Waals surface area contributed by atoms with E-state index < -0.39 is 22.8 Å². The number of nitro groups is 1. The predicted molar refractivity (Wildman–Crippen MR) is 255 cm³/mol. The van der Waals surface area contributed by atoms with Crippen LogP contribution in [-0.2, 0) is 12.8 Å². The van der Waals surface area contributed by atoms with Gasteiger partial charge in [-0.25, -0.2) is 9.59 Å². The molecule has 0 aromatic heterocycles. The molecule has 0 saturated heterocycles. The molecule has 6 aliphatic rings. The number of primary amides is 2. The molecule has 2 heterocycles. The fraction of sp³-hybridized carbons (Fsp3) is 0.346. The second-order valence-electron chi connectivity index (χ2n) is 18.8. The number of benzene rings is 5. The Labute approximate surface area is 393 Å². The molecule has 5 aromatic rings. The summed E-state index contributed by atoms with van der Waals surface area (Å²) in [6.45, 7) is 1.86. The van der Waals surface area contributed by atoms with Crippen molar-refractivity contribution in [2.24, 2.45) is 22.3 Å². The van der Waals surface area contributed by atoms with Gasteiger partial charge in [0.15, 0.2) is 0 Å². The van der Waals surface area contributed by atoms with Gasteiger partial charge in [-0.1, -0.05) is 60.7 Å². The SMILES string of the molecule is NC(=O)c1ccccc1OC1CC2(CC(NC(=O)N3CCc4ccccc43)C2)C1.NC(=O)c1ccccc1OC1CC2(CC(NC(=O)Oc3ccc([N+](=O)[O-])cc3)C2)C1.c1ccc2c(c1)CCN2. The second kappa shape index (κ2) is 19.3. The van der Waals surface area contributed by atoms with Crippen molar-refractivity contribution >= 4 is 41.0 Å². The minimum atomic E-state index is -0.578. The van der Waals surface area contributed by atoms with Crippen LogP contribution in [0.2, 0.25) is 0 Å². The van der Waals surface area contributed by atoms with Gasteiger partial charge >= 0.3 is 12.1 Å². The van der Waals surface area contributed by atoms with E-state index in [1.165, 1.54) is 47.5 Å². The molecule has 0 unspecified atom stereocenters. The van der Waals surface area contributed by atoms with Gasteiger partial charge < -0.3 is 41.6 Å². The Morgan fingerprint density at radius 3 is 1.71 bits per heavy atom. The summed E-state index contributed by atoms with van der Waals surface area (Å²) in [5.74, 6) is 0.336. The van der Waals surface area contributed by atoms with Crippen LogP contribution in [0.4, 0.5) is 26.7 Å². The molecule has 68 heavy (non-hydrogen) atoms. The maximum atomic E-state index is 12.7. The molecule has 4 saturated carbocycles. The summed E-state index contributed by atoms with van der Waals surface area (Å²) in [4.78, 5) is 59.7. The Morgan fingerprint density at radius 2 is 1.15 bits per heavy atom. The predicted octanol–water partition coefficient (Wildman–Crippen LogP) is 8.07. The number of urea groups is 1. The highest BCUT2D eigenvalue weighted by molar-refractivity contribution is 5.96. The van der Waals surface area contributed by atoms with E-state index in [1.54, 1.807) is 42.5 Å². The molecule has 2 aliphatic heterocycles. The fourth-order valence-electron chi connectivity index (χ4n) is 10.7. The first-order valence-electron chi connectivity index (χ1n) is 23.1. The van der Waals surface area contributed by atoms with Crippen LogP contribution in [0.5, 0.6) is 17.2 Å². The highest BCUT2D eigenvalue weighted by Crippen LogP contribution is 2.58. The first kappa shape index (κ1) is 45.5. The molecular formula is C52H55N7O9. The second-order valence-corrected chi connectivity index (χ2v) is 18.8. The van der Waals surface area contributed by atoms with Gasteiger partial charge in [0, 0.05) is 48.7 Å². The molecule has 0 atom stereocenters. The van der Waals surface area contributed by atoms with Gasteiger partial charge in [0.05, 0.1) is 28.3 Å². The van der Waals surface area contributed by atoms with E-state index in [4.69, 9.17) is 25.7 Å². The molecule has 5 amide bonds. The highest BCUT2D eigenvalue weighted by Gasteiger charge is 2.55. The Balaban J connectivity index is 0.000000143. The number of hydrogen-bond acceptors (Lipinski definition) is 10. The molecule has 11 rings (SSSR count). The standard InChI is InChI=1S/C23H25N3O3.C21H21N3O6.C8H9N/c24-21(27)18-6-2-4-8-20(18)29-17-13-23(14-17)11-16(12-23)25-22(28)26-10-9-15-5-1-3-7-19(15)26;22-19(25)17-3-1-2-4-18(17)29-16-11-21(12-16)9-13(10-21)23-20(26)30-15-7-5-14(6-8-15)24(27)28;1-2-4-8-7(3-1)5-6-9-8/h1-8,16-17H,9-14H2,(H2,24,27)(H,25,28);1-8,13,16H,9-12H2,(H2,22,25)(H,23,26);1-4,9H,5-6H2. The number of nitrogens with one attached hydrogen (secondary N) is 3. The van der Waals surface area contributed by atoms with Crippen LogP contribution in [0.25, 0.3) is 0 Å². The molecular weight excluding hydrogens is 867 g/mol. The first-order valence-corrected chi connectivity index (χ1v) is 23.1. The number of ether oxygens (including phenoxy) is 3. The van der Waals surface area contributed by atoms with Crippen LogP contribution >= 0.6 is 0 Å². The lowest BCUT2D eigenvalue weighted by atomic mass is 9.53. The van der Waals surface area contributed by atoms with Gasteiger partial charge in [-0.15, -0.1) is 0 Å². The summed E-state index contributed by atoms with van der Waals surface area (Å²) in [6, 6.07) is 36.2.